The van der Waals surface area contributed by atoms with Crippen LogP contribution in [0, 0.1) is 46.3 Å². The van der Waals surface area contributed by atoms with Crippen LogP contribution in [-0.2, 0) is 9.68 Å². The van der Waals surface area contributed by atoms with Crippen LogP contribution < -0.4 is 0 Å². The highest BCUT2D eigenvalue weighted by atomic mass is 16.7. The monoisotopic (exact) mass is 470 g/mol. The van der Waals surface area contributed by atoms with Gasteiger partial charge in [0.25, 0.3) is 0 Å². The van der Waals surface area contributed by atoms with Gasteiger partial charge >= 0.3 is 0 Å². The second kappa shape index (κ2) is 6.73. The highest BCUT2D eigenvalue weighted by Gasteiger charge is 2.86. The summed E-state index contributed by atoms with van der Waals surface area (Å²) in [6.45, 7) is 20.9. The van der Waals surface area contributed by atoms with Crippen molar-refractivity contribution in [2.45, 2.75) is 88.6 Å². The van der Waals surface area contributed by atoms with Crippen molar-refractivity contribution in [3.8, 4) is 12.1 Å². The van der Waals surface area contributed by atoms with Crippen LogP contribution in [0.25, 0.3) is 0 Å². The van der Waals surface area contributed by atoms with Crippen molar-refractivity contribution in [3.05, 3.63) is 0 Å². The number of piperazine rings is 1. The van der Waals surface area contributed by atoms with E-state index in [9.17, 15) is 10.5 Å². The zero-order valence-electron chi connectivity index (χ0n) is 22.6. The SMILES string of the molecule is CON1C(C)(C)C2C(C1(C)C)C2(C#N)N1CCN(C2(C#N)C3C2C(C)(C)N(OC)C3(C)C)CC1. The predicted octanol–water partition coefficient (Wildman–Crippen LogP) is 2.49. The summed E-state index contributed by atoms with van der Waals surface area (Å²) in [6, 6.07) is 5.56. The first kappa shape index (κ1) is 24.4. The Hall–Kier alpha value is -1.26. The van der Waals surface area contributed by atoms with Gasteiger partial charge in [0.15, 0.2) is 0 Å². The lowest BCUT2D eigenvalue weighted by atomic mass is 9.89. The van der Waals surface area contributed by atoms with Gasteiger partial charge in [0.05, 0.1) is 26.4 Å². The highest BCUT2D eigenvalue weighted by Crippen LogP contribution is 2.73. The van der Waals surface area contributed by atoms with Gasteiger partial charge < -0.3 is 9.68 Å². The third-order valence-corrected chi connectivity index (χ3v) is 10.5. The van der Waals surface area contributed by atoms with Crippen LogP contribution in [0.3, 0.4) is 0 Å². The van der Waals surface area contributed by atoms with Gasteiger partial charge in [-0.1, -0.05) is 0 Å². The smallest absolute Gasteiger partial charge is 0.119 e. The molecule has 0 bridgehead atoms. The molecule has 0 N–H and O–H groups in total. The van der Waals surface area contributed by atoms with E-state index < -0.39 is 11.1 Å². The van der Waals surface area contributed by atoms with Crippen molar-refractivity contribution < 1.29 is 9.68 Å². The van der Waals surface area contributed by atoms with Crippen molar-refractivity contribution in [3.63, 3.8) is 0 Å². The lowest BCUT2D eigenvalue weighted by Crippen LogP contribution is -2.64. The van der Waals surface area contributed by atoms with Crippen molar-refractivity contribution >= 4 is 0 Å². The first-order valence-electron chi connectivity index (χ1n) is 12.7. The summed E-state index contributed by atoms with van der Waals surface area (Å²) in [5.41, 5.74) is -1.77. The van der Waals surface area contributed by atoms with E-state index in [1.165, 1.54) is 0 Å². The van der Waals surface area contributed by atoms with Crippen LogP contribution in [0.4, 0.5) is 0 Å². The maximum absolute atomic E-state index is 10.5. The molecule has 3 aliphatic heterocycles. The van der Waals surface area contributed by atoms with Crippen LogP contribution in [0.1, 0.15) is 55.4 Å². The second-order valence-electron chi connectivity index (χ2n) is 13.3. The Morgan fingerprint density at radius 3 is 0.971 bits per heavy atom. The number of rotatable bonds is 4. The number of nitrogens with zero attached hydrogens (tertiary/aromatic N) is 6. The molecule has 34 heavy (non-hydrogen) atoms. The molecule has 5 aliphatic rings. The molecule has 5 fully saturated rings. The molecule has 8 heteroatoms. The Balaban J connectivity index is 1.37. The number of hydroxylamine groups is 4. The molecule has 5 rings (SSSR count). The van der Waals surface area contributed by atoms with Gasteiger partial charge in [0.2, 0.25) is 0 Å². The summed E-state index contributed by atoms with van der Waals surface area (Å²) < 4.78 is 0. The third kappa shape index (κ3) is 2.39. The minimum Gasteiger partial charge on any atom is -0.301 e. The average molecular weight is 471 g/mol. The molecular formula is C26H42N6O2. The van der Waals surface area contributed by atoms with E-state index in [0.717, 1.165) is 26.2 Å². The molecule has 0 amide bonds. The second-order valence-corrected chi connectivity index (χ2v) is 13.3. The van der Waals surface area contributed by atoms with E-state index >= 15 is 0 Å². The molecule has 0 spiro atoms. The Morgan fingerprint density at radius 1 is 0.559 bits per heavy atom. The van der Waals surface area contributed by atoms with E-state index in [4.69, 9.17) is 9.68 Å². The normalized spacial score (nSPS) is 46.4. The minimum absolute atomic E-state index is 0.213. The lowest BCUT2D eigenvalue weighted by molar-refractivity contribution is -0.242. The molecular weight excluding hydrogens is 428 g/mol. The lowest BCUT2D eigenvalue weighted by Gasteiger charge is -2.50. The first-order chi connectivity index (χ1) is 15.7. The topological polar surface area (TPSA) is 79.0 Å². The average Bonchev–Trinajstić information content (AvgIpc) is 3.61. The van der Waals surface area contributed by atoms with Crippen molar-refractivity contribution in [2.75, 3.05) is 40.4 Å². The fourth-order valence-electron chi connectivity index (χ4n) is 10.1. The standard InChI is InChI=1S/C26H42N6O2/c1-21(2)17-18(22(3,4)31(21)33-9)25(17,15-27)29-11-13-30(14-12-29)26(16-28)19-20(26)24(7,8)32(34-10)23(19,5)6/h17-20H,11-14H2,1-10H3. The molecule has 3 saturated heterocycles. The molecule has 0 aromatic heterocycles. The van der Waals surface area contributed by atoms with E-state index in [1.807, 2.05) is 0 Å². The zero-order valence-corrected chi connectivity index (χ0v) is 22.6. The first-order valence-corrected chi connectivity index (χ1v) is 12.7. The van der Waals surface area contributed by atoms with Crippen LogP contribution >= 0.6 is 0 Å². The summed E-state index contributed by atoms with van der Waals surface area (Å²) in [7, 11) is 3.48. The maximum Gasteiger partial charge on any atom is 0.119 e. The fraction of sp³-hybridized carbons (Fsp3) is 0.923. The summed E-state index contributed by atoms with van der Waals surface area (Å²) in [4.78, 5) is 16.5. The van der Waals surface area contributed by atoms with E-state index in [1.54, 1.807) is 14.2 Å². The molecule has 3 heterocycles. The number of hydrogen-bond donors (Lipinski definition) is 0. The van der Waals surface area contributed by atoms with E-state index in [2.05, 4.69) is 87.5 Å². The van der Waals surface area contributed by atoms with Gasteiger partial charge in [0.1, 0.15) is 11.1 Å². The molecule has 4 unspecified atom stereocenters. The Labute approximate surface area is 205 Å². The molecule has 4 atom stereocenters. The highest BCUT2D eigenvalue weighted by molar-refractivity contribution is 5.44. The van der Waals surface area contributed by atoms with Gasteiger partial charge in [-0.15, -0.1) is 0 Å². The Bertz CT molecular complexity index is 845. The molecule has 188 valence electrons. The van der Waals surface area contributed by atoms with Crippen LogP contribution in [0.2, 0.25) is 0 Å². The van der Waals surface area contributed by atoms with Gasteiger partial charge in [0, 0.05) is 72.0 Å². The van der Waals surface area contributed by atoms with Gasteiger partial charge in [-0.3, -0.25) is 9.80 Å². The summed E-state index contributed by atoms with van der Waals surface area (Å²) in [5.74, 6) is 0.962. The zero-order chi connectivity index (χ0) is 25.3. The Kier molecular flexibility index (Phi) is 4.84. The van der Waals surface area contributed by atoms with Gasteiger partial charge in [-0.25, -0.2) is 0 Å². The molecule has 0 aromatic carbocycles. The quantitative estimate of drug-likeness (QED) is 0.620. The molecule has 0 radical (unpaired) electrons. The van der Waals surface area contributed by atoms with Crippen molar-refractivity contribution in [2.24, 2.45) is 23.7 Å². The van der Waals surface area contributed by atoms with Crippen LogP contribution in [-0.4, -0.2) is 93.6 Å². The molecule has 2 saturated carbocycles. The van der Waals surface area contributed by atoms with Gasteiger partial charge in [-0.2, -0.15) is 20.7 Å². The number of piperidine rings is 2. The summed E-state index contributed by atoms with van der Waals surface area (Å²) in [6.07, 6.45) is 0. The summed E-state index contributed by atoms with van der Waals surface area (Å²) in [5, 5.41) is 25.2. The molecule has 0 aromatic rings. The fourth-order valence-corrected chi connectivity index (χ4v) is 10.1. The Morgan fingerprint density at radius 2 is 0.794 bits per heavy atom. The molecule has 2 aliphatic carbocycles. The third-order valence-electron chi connectivity index (χ3n) is 10.5. The number of fused-ring (bicyclic) bond motifs is 2. The van der Waals surface area contributed by atoms with Crippen LogP contribution in [0.15, 0.2) is 0 Å². The van der Waals surface area contributed by atoms with E-state index in [0.29, 0.717) is 0 Å². The largest absolute Gasteiger partial charge is 0.301 e. The van der Waals surface area contributed by atoms with Crippen molar-refractivity contribution in [1.82, 2.24) is 19.9 Å². The predicted molar refractivity (Wildman–Crippen MR) is 128 cm³/mol. The number of nitriles is 2. The maximum atomic E-state index is 10.5. The van der Waals surface area contributed by atoms with Crippen LogP contribution in [0.5, 0.6) is 0 Å². The minimum atomic E-state index is -0.460. The van der Waals surface area contributed by atoms with E-state index in [-0.39, 0.29) is 45.8 Å². The van der Waals surface area contributed by atoms with Gasteiger partial charge in [-0.05, 0) is 55.4 Å². The summed E-state index contributed by atoms with van der Waals surface area (Å²) >= 11 is 0. The molecule has 8 nitrogen and oxygen atoms in total. The van der Waals surface area contributed by atoms with Crippen molar-refractivity contribution in [1.29, 1.82) is 10.5 Å². The number of hydrogen-bond acceptors (Lipinski definition) is 8.